The number of thiophene rings is 1. The standard InChI is InChI=1S/C45H35N3S/c1-44(2)36-20-13-19-32(28-14-7-5-8-15-28)40(36)34-24-22-31(27-37(34)45(44,3)4)43-47-41(29-16-9-6-10-17-29)46-42(48-43)30-23-25-39-35(26-30)33-18-11-12-21-38(33)49-39/h5-27H,1-4H3. The molecule has 0 saturated heterocycles. The third kappa shape index (κ3) is 4.66. The van der Waals surface area contributed by atoms with E-state index in [0.717, 1.165) is 16.7 Å². The highest BCUT2D eigenvalue weighted by Crippen LogP contribution is 2.56. The summed E-state index contributed by atoms with van der Waals surface area (Å²) in [5, 5.41) is 2.49. The Morgan fingerprint density at radius 3 is 1.71 bits per heavy atom. The van der Waals surface area contributed by atoms with E-state index in [9.17, 15) is 0 Å². The molecule has 0 N–H and O–H groups in total. The Hall–Kier alpha value is -5.45. The molecule has 9 rings (SSSR count). The van der Waals surface area contributed by atoms with Gasteiger partial charge in [0.2, 0.25) is 0 Å². The van der Waals surface area contributed by atoms with Gasteiger partial charge in [0.25, 0.3) is 0 Å². The van der Waals surface area contributed by atoms with Crippen LogP contribution < -0.4 is 0 Å². The number of rotatable bonds is 4. The van der Waals surface area contributed by atoms with Gasteiger partial charge >= 0.3 is 0 Å². The Balaban J connectivity index is 1.25. The minimum absolute atomic E-state index is 0.128. The molecule has 0 saturated carbocycles. The zero-order valence-corrected chi connectivity index (χ0v) is 28.8. The molecule has 6 aromatic carbocycles. The third-order valence-corrected chi connectivity index (χ3v) is 12.1. The SMILES string of the molecule is CC1(C)c2cc(-c3nc(-c4ccccc4)nc(-c4ccc5sc6ccccc6c5c4)n3)ccc2-c2c(-c3ccccc3)cccc2C1(C)C. The van der Waals surface area contributed by atoms with Crippen molar-refractivity contribution >= 4 is 31.5 Å². The number of benzene rings is 6. The van der Waals surface area contributed by atoms with Crippen molar-refractivity contribution in [3.05, 3.63) is 151 Å². The van der Waals surface area contributed by atoms with Crippen LogP contribution in [-0.4, -0.2) is 15.0 Å². The molecule has 0 atom stereocenters. The minimum Gasteiger partial charge on any atom is -0.208 e. The van der Waals surface area contributed by atoms with Gasteiger partial charge in [-0.1, -0.05) is 137 Å². The first-order valence-electron chi connectivity index (χ1n) is 16.9. The summed E-state index contributed by atoms with van der Waals surface area (Å²) >= 11 is 1.82. The van der Waals surface area contributed by atoms with E-state index < -0.39 is 0 Å². The number of hydrogen-bond acceptors (Lipinski definition) is 4. The molecule has 2 heterocycles. The average Bonchev–Trinajstić information content (AvgIpc) is 3.52. The summed E-state index contributed by atoms with van der Waals surface area (Å²) in [6.07, 6.45) is 0. The molecule has 4 heteroatoms. The maximum absolute atomic E-state index is 5.19. The van der Waals surface area contributed by atoms with Gasteiger partial charge in [0.1, 0.15) is 0 Å². The van der Waals surface area contributed by atoms with Gasteiger partial charge in [-0.3, -0.25) is 0 Å². The molecule has 0 unspecified atom stereocenters. The van der Waals surface area contributed by atoms with Crippen LogP contribution in [0.1, 0.15) is 38.8 Å². The van der Waals surface area contributed by atoms with E-state index in [1.807, 2.05) is 29.5 Å². The highest BCUT2D eigenvalue weighted by atomic mass is 32.1. The van der Waals surface area contributed by atoms with E-state index in [2.05, 4.69) is 149 Å². The van der Waals surface area contributed by atoms with Gasteiger partial charge in [0.05, 0.1) is 0 Å². The Bertz CT molecular complexity index is 2550. The van der Waals surface area contributed by atoms with Crippen LogP contribution >= 0.6 is 11.3 Å². The van der Waals surface area contributed by atoms with E-state index in [4.69, 9.17) is 15.0 Å². The third-order valence-electron chi connectivity index (χ3n) is 10.9. The second kappa shape index (κ2) is 11.0. The highest BCUT2D eigenvalue weighted by molar-refractivity contribution is 7.25. The highest BCUT2D eigenvalue weighted by Gasteiger charge is 2.46. The lowest BCUT2D eigenvalue weighted by Crippen LogP contribution is -2.43. The van der Waals surface area contributed by atoms with Gasteiger partial charge in [0, 0.05) is 36.9 Å². The zero-order valence-electron chi connectivity index (χ0n) is 28.0. The van der Waals surface area contributed by atoms with Crippen molar-refractivity contribution in [2.75, 3.05) is 0 Å². The zero-order chi connectivity index (χ0) is 33.3. The van der Waals surface area contributed by atoms with Crippen molar-refractivity contribution in [1.82, 2.24) is 15.0 Å². The molecule has 1 aliphatic carbocycles. The topological polar surface area (TPSA) is 38.7 Å². The monoisotopic (exact) mass is 649 g/mol. The molecule has 49 heavy (non-hydrogen) atoms. The number of hydrogen-bond donors (Lipinski definition) is 0. The maximum atomic E-state index is 5.19. The van der Waals surface area contributed by atoms with E-state index >= 15 is 0 Å². The lowest BCUT2D eigenvalue weighted by atomic mass is 9.54. The van der Waals surface area contributed by atoms with Crippen LogP contribution in [-0.2, 0) is 10.8 Å². The molecule has 1 aliphatic rings. The summed E-state index contributed by atoms with van der Waals surface area (Å²) in [5.74, 6) is 2.03. The van der Waals surface area contributed by atoms with Crippen LogP contribution in [0.25, 0.3) is 76.6 Å². The van der Waals surface area contributed by atoms with Crippen molar-refractivity contribution in [3.63, 3.8) is 0 Å². The van der Waals surface area contributed by atoms with Gasteiger partial charge in [-0.25, -0.2) is 15.0 Å². The predicted molar refractivity (Wildman–Crippen MR) is 206 cm³/mol. The lowest BCUT2D eigenvalue weighted by molar-refractivity contribution is 0.299. The lowest BCUT2D eigenvalue weighted by Gasteiger charge is -2.49. The van der Waals surface area contributed by atoms with Crippen molar-refractivity contribution in [1.29, 1.82) is 0 Å². The fraction of sp³-hybridized carbons (Fsp3) is 0.133. The Morgan fingerprint density at radius 2 is 0.980 bits per heavy atom. The second-order valence-corrected chi connectivity index (χ2v) is 15.2. The first-order chi connectivity index (χ1) is 23.8. The molecule has 0 radical (unpaired) electrons. The summed E-state index contributed by atoms with van der Waals surface area (Å²) in [5.41, 5.74) is 10.4. The fourth-order valence-electron chi connectivity index (χ4n) is 7.53. The van der Waals surface area contributed by atoms with Crippen molar-refractivity contribution in [2.24, 2.45) is 0 Å². The molecule has 3 nitrogen and oxygen atoms in total. The molecule has 0 fully saturated rings. The first kappa shape index (κ1) is 29.7. The van der Waals surface area contributed by atoms with E-state index in [1.54, 1.807) is 0 Å². The molecule has 0 bridgehead atoms. The van der Waals surface area contributed by atoms with Crippen LogP contribution in [0.4, 0.5) is 0 Å². The van der Waals surface area contributed by atoms with Crippen LogP contribution in [0.2, 0.25) is 0 Å². The molecule has 8 aromatic rings. The Morgan fingerprint density at radius 1 is 0.408 bits per heavy atom. The Labute approximate surface area is 291 Å². The molecular formula is C45H35N3S. The summed E-state index contributed by atoms with van der Waals surface area (Å²) in [6, 6.07) is 49.8. The van der Waals surface area contributed by atoms with E-state index in [1.165, 1.54) is 53.6 Å². The largest absolute Gasteiger partial charge is 0.208 e. The predicted octanol–water partition coefficient (Wildman–Crippen LogP) is 12.1. The summed E-state index contributed by atoms with van der Waals surface area (Å²) in [4.78, 5) is 15.4. The second-order valence-electron chi connectivity index (χ2n) is 14.1. The summed E-state index contributed by atoms with van der Waals surface area (Å²) < 4.78 is 2.55. The Kier molecular flexibility index (Phi) is 6.69. The van der Waals surface area contributed by atoms with Gasteiger partial charge in [-0.05, 0) is 74.5 Å². The van der Waals surface area contributed by atoms with Gasteiger partial charge in [-0.2, -0.15) is 0 Å². The molecule has 236 valence electrons. The molecule has 0 spiro atoms. The minimum atomic E-state index is -0.163. The molecule has 0 amide bonds. The maximum Gasteiger partial charge on any atom is 0.164 e. The van der Waals surface area contributed by atoms with Crippen LogP contribution in [0.5, 0.6) is 0 Å². The normalized spacial score (nSPS) is 14.4. The summed E-state index contributed by atoms with van der Waals surface area (Å²) in [7, 11) is 0. The van der Waals surface area contributed by atoms with Crippen molar-refractivity contribution < 1.29 is 0 Å². The molecule has 2 aromatic heterocycles. The fourth-order valence-corrected chi connectivity index (χ4v) is 8.62. The number of aromatic nitrogens is 3. The van der Waals surface area contributed by atoms with Crippen LogP contribution in [0.15, 0.2) is 140 Å². The van der Waals surface area contributed by atoms with Crippen molar-refractivity contribution in [2.45, 2.75) is 38.5 Å². The van der Waals surface area contributed by atoms with Crippen molar-refractivity contribution in [3.8, 4) is 56.4 Å². The van der Waals surface area contributed by atoms with Gasteiger partial charge in [0.15, 0.2) is 17.5 Å². The van der Waals surface area contributed by atoms with E-state index in [-0.39, 0.29) is 10.8 Å². The average molecular weight is 650 g/mol. The van der Waals surface area contributed by atoms with Gasteiger partial charge < -0.3 is 0 Å². The number of fused-ring (bicyclic) bond motifs is 6. The van der Waals surface area contributed by atoms with Gasteiger partial charge in [-0.15, -0.1) is 11.3 Å². The summed E-state index contributed by atoms with van der Waals surface area (Å²) in [6.45, 7) is 9.52. The van der Waals surface area contributed by atoms with Crippen LogP contribution in [0.3, 0.4) is 0 Å². The first-order valence-corrected chi connectivity index (χ1v) is 17.7. The molecule has 0 aliphatic heterocycles. The quantitative estimate of drug-likeness (QED) is 0.190. The molecular weight excluding hydrogens is 615 g/mol. The smallest absolute Gasteiger partial charge is 0.164 e. The van der Waals surface area contributed by atoms with E-state index in [0.29, 0.717) is 17.5 Å². The van der Waals surface area contributed by atoms with Crippen LogP contribution in [0, 0.1) is 0 Å². The number of nitrogens with zero attached hydrogens (tertiary/aromatic N) is 3.